The van der Waals surface area contributed by atoms with Crippen LogP contribution in [0.25, 0.3) is 0 Å². The number of halogens is 2. The van der Waals surface area contributed by atoms with Gasteiger partial charge in [-0.3, -0.25) is 0 Å². The summed E-state index contributed by atoms with van der Waals surface area (Å²) in [4.78, 5) is 0. The molecule has 0 radical (unpaired) electrons. The van der Waals surface area contributed by atoms with Crippen LogP contribution < -0.4 is 5.32 Å². The molecule has 1 aromatic rings. The van der Waals surface area contributed by atoms with Gasteiger partial charge < -0.3 is 5.32 Å². The molecule has 0 saturated carbocycles. The van der Waals surface area contributed by atoms with Gasteiger partial charge in [-0.1, -0.05) is 55.5 Å². The van der Waals surface area contributed by atoms with E-state index in [1.165, 1.54) is 25.7 Å². The molecule has 0 bridgehead atoms. The lowest BCUT2D eigenvalue weighted by atomic mass is 10.1. The minimum atomic E-state index is 0.256. The second-order valence-corrected chi connectivity index (χ2v) is 5.79. The zero-order valence-corrected chi connectivity index (χ0v) is 13.0. The zero-order chi connectivity index (χ0) is 13.5. The fraction of sp³-hybridized carbons (Fsp3) is 0.600. The lowest BCUT2D eigenvalue weighted by Gasteiger charge is -2.21. The molecule has 18 heavy (non-hydrogen) atoms. The fourth-order valence-electron chi connectivity index (χ4n) is 2.15. The molecule has 0 fully saturated rings. The summed E-state index contributed by atoms with van der Waals surface area (Å²) < 4.78 is 0. The van der Waals surface area contributed by atoms with Gasteiger partial charge in [0.05, 0.1) is 0 Å². The molecule has 0 aromatic heterocycles. The van der Waals surface area contributed by atoms with Gasteiger partial charge in [-0.05, 0) is 38.0 Å². The van der Waals surface area contributed by atoms with Gasteiger partial charge in [-0.15, -0.1) is 0 Å². The van der Waals surface area contributed by atoms with Crippen molar-refractivity contribution in [3.05, 3.63) is 33.8 Å². The van der Waals surface area contributed by atoms with Crippen LogP contribution in [0.2, 0.25) is 10.0 Å². The van der Waals surface area contributed by atoms with Crippen molar-refractivity contribution in [1.29, 1.82) is 0 Å². The minimum Gasteiger partial charge on any atom is -0.308 e. The Morgan fingerprint density at radius 1 is 1.17 bits per heavy atom. The molecule has 0 heterocycles. The summed E-state index contributed by atoms with van der Waals surface area (Å²) in [6.45, 7) is 6.61. The second-order valence-electron chi connectivity index (χ2n) is 4.95. The number of hydrogen-bond donors (Lipinski definition) is 1. The van der Waals surface area contributed by atoms with Crippen molar-refractivity contribution in [2.75, 3.05) is 0 Å². The molecule has 0 aliphatic rings. The number of unbranched alkanes of at least 4 members (excludes halogenated alkanes) is 2. The van der Waals surface area contributed by atoms with E-state index in [0.29, 0.717) is 11.1 Å². The topological polar surface area (TPSA) is 12.0 Å². The first-order valence-corrected chi connectivity index (χ1v) is 7.51. The van der Waals surface area contributed by atoms with Gasteiger partial charge in [0.15, 0.2) is 0 Å². The average Bonchev–Trinajstić information content (AvgIpc) is 2.28. The molecule has 0 aliphatic carbocycles. The molecule has 102 valence electrons. The molecule has 1 N–H and O–H groups in total. The molecular weight excluding hydrogens is 265 g/mol. The fourth-order valence-corrected chi connectivity index (χ4v) is 2.73. The first kappa shape index (κ1) is 15.8. The van der Waals surface area contributed by atoms with Crippen molar-refractivity contribution in [2.24, 2.45) is 0 Å². The Morgan fingerprint density at radius 2 is 1.89 bits per heavy atom. The summed E-state index contributed by atoms with van der Waals surface area (Å²) >= 11 is 12.1. The van der Waals surface area contributed by atoms with Gasteiger partial charge in [0, 0.05) is 22.1 Å². The van der Waals surface area contributed by atoms with Gasteiger partial charge >= 0.3 is 0 Å². The third-order valence-electron chi connectivity index (χ3n) is 3.20. The van der Waals surface area contributed by atoms with Gasteiger partial charge in [-0.25, -0.2) is 0 Å². The molecule has 0 saturated heterocycles. The number of benzene rings is 1. The third-order valence-corrected chi connectivity index (χ3v) is 3.77. The smallest absolute Gasteiger partial charge is 0.0468 e. The van der Waals surface area contributed by atoms with E-state index in [0.717, 1.165) is 10.6 Å². The maximum absolute atomic E-state index is 6.21. The van der Waals surface area contributed by atoms with Crippen LogP contribution >= 0.6 is 23.2 Å². The lowest BCUT2D eigenvalue weighted by Crippen LogP contribution is -2.29. The highest BCUT2D eigenvalue weighted by atomic mass is 35.5. The highest BCUT2D eigenvalue weighted by molar-refractivity contribution is 6.35. The van der Waals surface area contributed by atoms with Crippen LogP contribution in [0.5, 0.6) is 0 Å². The molecule has 3 heteroatoms. The zero-order valence-electron chi connectivity index (χ0n) is 11.5. The SMILES string of the molecule is CCCCCC(C)NC(C)c1ccc(Cl)cc1Cl. The van der Waals surface area contributed by atoms with E-state index >= 15 is 0 Å². The molecule has 1 nitrogen and oxygen atoms in total. The Balaban J connectivity index is 2.51. The highest BCUT2D eigenvalue weighted by Gasteiger charge is 2.12. The Kier molecular flexibility index (Phi) is 7.06. The van der Waals surface area contributed by atoms with Crippen molar-refractivity contribution in [3.63, 3.8) is 0 Å². The Hall–Kier alpha value is -0.240. The Labute approximate surface area is 121 Å². The first-order valence-electron chi connectivity index (χ1n) is 6.75. The van der Waals surface area contributed by atoms with Gasteiger partial charge in [0.25, 0.3) is 0 Å². The number of hydrogen-bond acceptors (Lipinski definition) is 1. The van der Waals surface area contributed by atoms with Crippen LogP contribution in [0.3, 0.4) is 0 Å². The average molecular weight is 288 g/mol. The van der Waals surface area contributed by atoms with Crippen LogP contribution in [0.15, 0.2) is 18.2 Å². The minimum absolute atomic E-state index is 0.256. The molecule has 2 unspecified atom stereocenters. The molecule has 2 atom stereocenters. The molecule has 1 rings (SSSR count). The monoisotopic (exact) mass is 287 g/mol. The molecule has 0 aliphatic heterocycles. The number of rotatable bonds is 7. The van der Waals surface area contributed by atoms with E-state index in [-0.39, 0.29) is 6.04 Å². The van der Waals surface area contributed by atoms with Crippen molar-refractivity contribution in [1.82, 2.24) is 5.32 Å². The third kappa shape index (κ3) is 5.17. The van der Waals surface area contributed by atoms with Crippen molar-refractivity contribution < 1.29 is 0 Å². The molecular formula is C15H23Cl2N. The molecule has 0 spiro atoms. The van der Waals surface area contributed by atoms with E-state index in [1.54, 1.807) is 6.07 Å². The standard InChI is InChI=1S/C15H23Cl2N/c1-4-5-6-7-11(2)18-12(3)14-9-8-13(16)10-15(14)17/h8-12,18H,4-7H2,1-3H3. The van der Waals surface area contributed by atoms with E-state index in [9.17, 15) is 0 Å². The summed E-state index contributed by atoms with van der Waals surface area (Å²) in [5.74, 6) is 0. The van der Waals surface area contributed by atoms with Crippen molar-refractivity contribution >= 4 is 23.2 Å². The maximum atomic E-state index is 6.21. The van der Waals surface area contributed by atoms with Crippen LogP contribution in [-0.4, -0.2) is 6.04 Å². The summed E-state index contributed by atoms with van der Waals surface area (Å²) in [7, 11) is 0. The predicted molar refractivity (Wildman–Crippen MR) is 81.6 cm³/mol. The summed E-state index contributed by atoms with van der Waals surface area (Å²) in [5, 5.41) is 5.01. The molecule has 0 amide bonds. The van der Waals surface area contributed by atoms with E-state index in [2.05, 4.69) is 26.1 Å². The van der Waals surface area contributed by atoms with E-state index < -0.39 is 0 Å². The largest absolute Gasteiger partial charge is 0.308 e. The van der Waals surface area contributed by atoms with Crippen molar-refractivity contribution in [2.45, 2.75) is 58.5 Å². The summed E-state index contributed by atoms with van der Waals surface area (Å²) in [6, 6.07) is 6.46. The normalized spacial score (nSPS) is 14.5. The second kappa shape index (κ2) is 8.04. The lowest BCUT2D eigenvalue weighted by molar-refractivity contribution is 0.440. The van der Waals surface area contributed by atoms with Crippen molar-refractivity contribution in [3.8, 4) is 0 Å². The summed E-state index contributed by atoms with van der Waals surface area (Å²) in [5.41, 5.74) is 1.11. The van der Waals surface area contributed by atoms with E-state index in [4.69, 9.17) is 23.2 Å². The molecule has 1 aromatic carbocycles. The quantitative estimate of drug-likeness (QED) is 0.643. The van der Waals surface area contributed by atoms with Gasteiger partial charge in [0.2, 0.25) is 0 Å². The van der Waals surface area contributed by atoms with Crippen LogP contribution in [0.1, 0.15) is 58.1 Å². The predicted octanol–water partition coefficient (Wildman–Crippen LogP) is 5.61. The number of nitrogens with one attached hydrogen (secondary N) is 1. The van der Waals surface area contributed by atoms with Crippen LogP contribution in [0.4, 0.5) is 0 Å². The van der Waals surface area contributed by atoms with E-state index in [1.807, 2.05) is 12.1 Å². The summed E-state index contributed by atoms with van der Waals surface area (Å²) in [6.07, 6.45) is 5.07. The van der Waals surface area contributed by atoms with Crippen LogP contribution in [0, 0.1) is 0 Å². The van der Waals surface area contributed by atoms with Gasteiger partial charge in [-0.2, -0.15) is 0 Å². The Bertz CT molecular complexity index is 366. The highest BCUT2D eigenvalue weighted by Crippen LogP contribution is 2.26. The van der Waals surface area contributed by atoms with Gasteiger partial charge in [0.1, 0.15) is 0 Å². The first-order chi connectivity index (χ1) is 8.54. The Morgan fingerprint density at radius 3 is 2.50 bits per heavy atom. The van der Waals surface area contributed by atoms with Crippen LogP contribution in [-0.2, 0) is 0 Å². The maximum Gasteiger partial charge on any atom is 0.0468 e.